The van der Waals surface area contributed by atoms with Crippen LogP contribution in [-0.4, -0.2) is 28.2 Å². The minimum Gasteiger partial charge on any atom is -0.339 e. The molecule has 2 unspecified atom stereocenters. The Kier molecular flexibility index (Phi) is 4.29. The lowest BCUT2D eigenvalue weighted by Gasteiger charge is -2.20. The van der Waals surface area contributed by atoms with Crippen LogP contribution in [0.4, 0.5) is 0 Å². The van der Waals surface area contributed by atoms with E-state index in [4.69, 9.17) is 4.52 Å². The zero-order valence-electron chi connectivity index (χ0n) is 12.7. The largest absolute Gasteiger partial charge is 0.339 e. The average molecular weight is 286 g/mol. The van der Waals surface area contributed by atoms with Crippen molar-refractivity contribution >= 4 is 0 Å². The van der Waals surface area contributed by atoms with Gasteiger partial charge in [0, 0.05) is 24.0 Å². The van der Waals surface area contributed by atoms with Gasteiger partial charge in [0.15, 0.2) is 0 Å². The van der Waals surface area contributed by atoms with E-state index < -0.39 is 0 Å². The second-order valence-corrected chi connectivity index (χ2v) is 5.79. The quantitative estimate of drug-likeness (QED) is 0.878. The highest BCUT2D eigenvalue weighted by Crippen LogP contribution is 2.32. The van der Waals surface area contributed by atoms with Crippen molar-refractivity contribution in [2.75, 3.05) is 7.05 Å². The van der Waals surface area contributed by atoms with E-state index in [9.17, 15) is 0 Å². The molecule has 0 spiro atoms. The number of aromatic nitrogens is 3. The van der Waals surface area contributed by atoms with Gasteiger partial charge in [0.25, 0.3) is 0 Å². The second-order valence-electron chi connectivity index (χ2n) is 5.79. The van der Waals surface area contributed by atoms with E-state index in [-0.39, 0.29) is 0 Å². The zero-order valence-corrected chi connectivity index (χ0v) is 12.7. The number of likely N-dealkylation sites (N-methyl/N-ethyl adjacent to an activating group) is 1. The third-order valence-corrected chi connectivity index (χ3v) is 4.41. The Bertz CT molecular complexity index is 595. The standard InChI is InChI=1S/C16H22N4O/c1-11-10-18-9-8-12(11)15-19-16(21-20-15)13-6-4-3-5-7-14(13)17-2/h8-10,13-14,17H,3-7H2,1-2H3. The van der Waals surface area contributed by atoms with Crippen LogP contribution in [-0.2, 0) is 0 Å². The lowest BCUT2D eigenvalue weighted by atomic mass is 9.95. The highest BCUT2D eigenvalue weighted by molar-refractivity contribution is 5.58. The van der Waals surface area contributed by atoms with Gasteiger partial charge in [-0.25, -0.2) is 0 Å². The monoisotopic (exact) mass is 286 g/mol. The number of nitrogens with zero attached hydrogens (tertiary/aromatic N) is 3. The van der Waals surface area contributed by atoms with Crippen LogP contribution in [0.2, 0.25) is 0 Å². The fourth-order valence-electron chi connectivity index (χ4n) is 3.17. The Morgan fingerprint density at radius 2 is 2.10 bits per heavy atom. The third-order valence-electron chi connectivity index (χ3n) is 4.41. The maximum Gasteiger partial charge on any atom is 0.231 e. The smallest absolute Gasteiger partial charge is 0.231 e. The Balaban J connectivity index is 1.88. The average Bonchev–Trinajstić information content (AvgIpc) is 2.85. The van der Waals surface area contributed by atoms with Crippen molar-refractivity contribution in [3.05, 3.63) is 29.9 Å². The van der Waals surface area contributed by atoms with E-state index in [1.165, 1.54) is 25.7 Å². The molecular weight excluding hydrogens is 264 g/mol. The highest BCUT2D eigenvalue weighted by atomic mass is 16.5. The molecule has 2 aromatic heterocycles. The van der Waals surface area contributed by atoms with Gasteiger partial charge < -0.3 is 9.84 Å². The SMILES string of the molecule is CNC1CCCCCC1c1nc(-c2ccncc2C)no1. The predicted octanol–water partition coefficient (Wildman–Crippen LogP) is 3.08. The van der Waals surface area contributed by atoms with Gasteiger partial charge >= 0.3 is 0 Å². The fraction of sp³-hybridized carbons (Fsp3) is 0.562. The number of aryl methyl sites for hydroxylation is 1. The summed E-state index contributed by atoms with van der Waals surface area (Å²) in [6, 6.07) is 2.37. The minimum atomic E-state index is 0.320. The van der Waals surface area contributed by atoms with Gasteiger partial charge in [-0.15, -0.1) is 0 Å². The molecule has 112 valence electrons. The van der Waals surface area contributed by atoms with Gasteiger partial charge in [0.1, 0.15) is 0 Å². The molecule has 5 heteroatoms. The zero-order chi connectivity index (χ0) is 14.7. The van der Waals surface area contributed by atoms with E-state index in [2.05, 4.69) is 20.4 Å². The molecule has 1 N–H and O–H groups in total. The summed E-state index contributed by atoms with van der Waals surface area (Å²) < 4.78 is 5.58. The first-order valence-corrected chi connectivity index (χ1v) is 7.71. The molecule has 0 aliphatic heterocycles. The fourth-order valence-corrected chi connectivity index (χ4v) is 3.17. The molecule has 3 rings (SSSR count). The summed E-state index contributed by atoms with van der Waals surface area (Å²) in [6.45, 7) is 2.01. The van der Waals surface area contributed by atoms with E-state index >= 15 is 0 Å². The van der Waals surface area contributed by atoms with Crippen molar-refractivity contribution in [2.24, 2.45) is 0 Å². The van der Waals surface area contributed by atoms with Gasteiger partial charge in [-0.05, 0) is 38.4 Å². The molecule has 0 radical (unpaired) electrons. The van der Waals surface area contributed by atoms with Crippen molar-refractivity contribution in [3.8, 4) is 11.4 Å². The van der Waals surface area contributed by atoms with E-state index in [1.54, 1.807) is 6.20 Å². The Morgan fingerprint density at radius 1 is 1.24 bits per heavy atom. The maximum absolute atomic E-state index is 5.58. The Labute approximate surface area is 125 Å². The van der Waals surface area contributed by atoms with Crippen molar-refractivity contribution < 1.29 is 4.52 Å². The van der Waals surface area contributed by atoms with Crippen molar-refractivity contribution in [1.82, 2.24) is 20.4 Å². The highest BCUT2D eigenvalue weighted by Gasteiger charge is 2.29. The molecule has 2 atom stereocenters. The molecule has 5 nitrogen and oxygen atoms in total. The molecule has 0 aromatic carbocycles. The molecule has 0 amide bonds. The van der Waals surface area contributed by atoms with Crippen molar-refractivity contribution in [3.63, 3.8) is 0 Å². The van der Waals surface area contributed by atoms with Gasteiger partial charge in [-0.3, -0.25) is 4.98 Å². The number of rotatable bonds is 3. The third kappa shape index (κ3) is 2.97. The first kappa shape index (κ1) is 14.2. The lowest BCUT2D eigenvalue weighted by Crippen LogP contribution is -2.31. The molecule has 0 saturated heterocycles. The van der Waals surface area contributed by atoms with Crippen LogP contribution in [0.5, 0.6) is 0 Å². The van der Waals surface area contributed by atoms with Crippen LogP contribution in [0, 0.1) is 6.92 Å². The van der Waals surface area contributed by atoms with Crippen LogP contribution in [0.1, 0.15) is 49.5 Å². The summed E-state index contributed by atoms with van der Waals surface area (Å²) in [7, 11) is 2.02. The minimum absolute atomic E-state index is 0.320. The number of nitrogens with one attached hydrogen (secondary N) is 1. The number of hydrogen-bond donors (Lipinski definition) is 1. The van der Waals surface area contributed by atoms with Crippen molar-refractivity contribution in [1.29, 1.82) is 0 Å². The summed E-state index contributed by atoms with van der Waals surface area (Å²) in [5.74, 6) is 1.76. The van der Waals surface area contributed by atoms with E-state index in [0.29, 0.717) is 17.8 Å². The number of pyridine rings is 1. The normalized spacial score (nSPS) is 23.0. The van der Waals surface area contributed by atoms with Gasteiger partial charge in [-0.1, -0.05) is 24.4 Å². The number of hydrogen-bond acceptors (Lipinski definition) is 5. The predicted molar refractivity (Wildman–Crippen MR) is 80.9 cm³/mol. The van der Waals surface area contributed by atoms with Gasteiger partial charge in [0.2, 0.25) is 11.7 Å². The molecule has 2 aromatic rings. The van der Waals surface area contributed by atoms with Crippen LogP contribution in [0.3, 0.4) is 0 Å². The first-order chi connectivity index (χ1) is 10.3. The van der Waals surface area contributed by atoms with Crippen LogP contribution in [0.15, 0.2) is 23.0 Å². The van der Waals surface area contributed by atoms with Crippen molar-refractivity contribution in [2.45, 2.75) is 51.0 Å². The molecule has 1 fully saturated rings. The molecule has 1 aliphatic carbocycles. The van der Waals surface area contributed by atoms with Crippen LogP contribution < -0.4 is 5.32 Å². The molecule has 21 heavy (non-hydrogen) atoms. The molecule has 1 aliphatic rings. The van der Waals surface area contributed by atoms with E-state index in [1.807, 2.05) is 26.2 Å². The Hall–Kier alpha value is -1.75. The molecule has 1 saturated carbocycles. The topological polar surface area (TPSA) is 63.8 Å². The maximum atomic E-state index is 5.58. The molecular formula is C16H22N4O. The summed E-state index contributed by atoms with van der Waals surface area (Å²) in [4.78, 5) is 8.77. The summed E-state index contributed by atoms with van der Waals surface area (Å²) in [6.07, 6.45) is 9.67. The van der Waals surface area contributed by atoms with Crippen LogP contribution >= 0.6 is 0 Å². The van der Waals surface area contributed by atoms with Crippen LogP contribution in [0.25, 0.3) is 11.4 Å². The molecule has 2 heterocycles. The summed E-state index contributed by atoms with van der Waals surface area (Å²) in [5, 5.41) is 7.60. The first-order valence-electron chi connectivity index (χ1n) is 7.71. The Morgan fingerprint density at radius 3 is 2.90 bits per heavy atom. The summed E-state index contributed by atoms with van der Waals surface area (Å²) in [5.41, 5.74) is 2.06. The van der Waals surface area contributed by atoms with E-state index in [0.717, 1.165) is 23.4 Å². The van der Waals surface area contributed by atoms with Gasteiger partial charge in [0.05, 0.1) is 5.92 Å². The molecule has 0 bridgehead atoms. The summed E-state index contributed by atoms with van der Waals surface area (Å²) >= 11 is 0. The lowest BCUT2D eigenvalue weighted by molar-refractivity contribution is 0.311. The van der Waals surface area contributed by atoms with Gasteiger partial charge in [-0.2, -0.15) is 4.98 Å². The second kappa shape index (κ2) is 6.35.